The first kappa shape index (κ1) is 15.7. The number of aryl methyl sites for hydroxylation is 1. The lowest BCUT2D eigenvalue weighted by Crippen LogP contribution is -2.23. The van der Waals surface area contributed by atoms with Crippen molar-refractivity contribution in [1.82, 2.24) is 0 Å². The number of carboxylic acids is 1. The summed E-state index contributed by atoms with van der Waals surface area (Å²) in [4.78, 5) is 10.9. The molecule has 1 aromatic rings. The summed E-state index contributed by atoms with van der Waals surface area (Å²) in [5.41, 5.74) is 1.26. The molecule has 19 heavy (non-hydrogen) atoms. The van der Waals surface area contributed by atoms with Crippen LogP contribution >= 0.6 is 0 Å². The Hall–Kier alpha value is -1.31. The van der Waals surface area contributed by atoms with E-state index in [0.717, 1.165) is 18.4 Å². The van der Waals surface area contributed by atoms with Crippen molar-refractivity contribution < 1.29 is 9.90 Å². The molecule has 0 bridgehead atoms. The van der Waals surface area contributed by atoms with E-state index in [1.54, 1.807) is 12.1 Å². The minimum Gasteiger partial charge on any atom is -0.545 e. The van der Waals surface area contributed by atoms with Crippen LogP contribution in [-0.4, -0.2) is 5.97 Å². The van der Waals surface area contributed by atoms with Crippen LogP contribution in [0.4, 0.5) is 0 Å². The molecule has 0 aliphatic heterocycles. The zero-order valence-electron chi connectivity index (χ0n) is 12.0. The van der Waals surface area contributed by atoms with E-state index < -0.39 is 5.97 Å². The average molecular weight is 261 g/mol. The SMILES string of the molecule is CCCCCCCCCCc1ccccc1C(=O)[O-]. The lowest BCUT2D eigenvalue weighted by Gasteiger charge is -2.09. The predicted octanol–water partition coefficient (Wildman–Crippen LogP) is 3.73. The van der Waals surface area contributed by atoms with Crippen molar-refractivity contribution in [3.05, 3.63) is 35.4 Å². The standard InChI is InChI=1S/C17H26O2/c1-2-3-4-5-6-7-8-9-12-15-13-10-11-14-16(15)17(18)19/h10-11,13-14H,2-9,12H2,1H3,(H,18,19)/p-1. The average Bonchev–Trinajstić information content (AvgIpc) is 2.42. The minimum atomic E-state index is -1.06. The number of unbranched alkanes of at least 4 members (excludes halogenated alkanes) is 7. The highest BCUT2D eigenvalue weighted by Crippen LogP contribution is 2.14. The normalized spacial score (nSPS) is 10.6. The van der Waals surface area contributed by atoms with Gasteiger partial charge in [0.25, 0.3) is 0 Å². The molecule has 0 spiro atoms. The third-order valence-electron chi connectivity index (χ3n) is 3.54. The van der Waals surface area contributed by atoms with E-state index >= 15 is 0 Å². The summed E-state index contributed by atoms with van der Waals surface area (Å²) in [6, 6.07) is 7.18. The van der Waals surface area contributed by atoms with Crippen molar-refractivity contribution in [2.45, 2.75) is 64.7 Å². The van der Waals surface area contributed by atoms with Crippen LogP contribution in [0.15, 0.2) is 24.3 Å². The van der Waals surface area contributed by atoms with Crippen LogP contribution < -0.4 is 5.11 Å². The van der Waals surface area contributed by atoms with Gasteiger partial charge in [-0.2, -0.15) is 0 Å². The van der Waals surface area contributed by atoms with E-state index in [2.05, 4.69) is 6.92 Å². The molecular weight excluding hydrogens is 236 g/mol. The Bertz CT molecular complexity index is 371. The second-order valence-corrected chi connectivity index (χ2v) is 5.17. The van der Waals surface area contributed by atoms with Crippen molar-refractivity contribution in [3.8, 4) is 0 Å². The van der Waals surface area contributed by atoms with Gasteiger partial charge in [0.1, 0.15) is 0 Å². The van der Waals surface area contributed by atoms with Gasteiger partial charge in [-0.15, -0.1) is 0 Å². The third-order valence-corrected chi connectivity index (χ3v) is 3.54. The van der Waals surface area contributed by atoms with E-state index in [4.69, 9.17) is 0 Å². The summed E-state index contributed by atoms with van der Waals surface area (Å²) < 4.78 is 0. The second-order valence-electron chi connectivity index (χ2n) is 5.17. The molecular formula is C17H25O2-. The zero-order chi connectivity index (χ0) is 13.9. The number of aromatic carboxylic acids is 1. The van der Waals surface area contributed by atoms with E-state index in [9.17, 15) is 9.90 Å². The number of benzene rings is 1. The van der Waals surface area contributed by atoms with Gasteiger partial charge in [-0.05, 0) is 18.4 Å². The molecule has 0 unspecified atom stereocenters. The Balaban J connectivity index is 2.17. The van der Waals surface area contributed by atoms with Crippen LogP contribution in [0, 0.1) is 0 Å². The van der Waals surface area contributed by atoms with Gasteiger partial charge in [-0.25, -0.2) is 0 Å². The van der Waals surface area contributed by atoms with Crippen molar-refractivity contribution in [3.63, 3.8) is 0 Å². The summed E-state index contributed by atoms with van der Waals surface area (Å²) in [6.45, 7) is 2.23. The number of carboxylic acid groups (broad SMARTS) is 1. The van der Waals surface area contributed by atoms with Crippen LogP contribution in [0.3, 0.4) is 0 Å². The fourth-order valence-electron chi connectivity index (χ4n) is 2.39. The third kappa shape index (κ3) is 6.42. The molecule has 0 radical (unpaired) electrons. The Morgan fingerprint density at radius 2 is 1.53 bits per heavy atom. The molecule has 0 aliphatic rings. The topological polar surface area (TPSA) is 40.1 Å². The molecule has 0 N–H and O–H groups in total. The Kier molecular flexibility index (Phi) is 7.95. The summed E-state index contributed by atoms with van der Waals surface area (Å²) in [5.74, 6) is -1.06. The maximum absolute atomic E-state index is 10.9. The molecule has 2 heteroatoms. The lowest BCUT2D eigenvalue weighted by molar-refractivity contribution is -0.255. The molecule has 1 aromatic carbocycles. The Labute approximate surface area is 116 Å². The van der Waals surface area contributed by atoms with Gasteiger partial charge in [0.05, 0.1) is 5.97 Å². The van der Waals surface area contributed by atoms with Gasteiger partial charge in [-0.3, -0.25) is 0 Å². The van der Waals surface area contributed by atoms with Crippen LogP contribution in [-0.2, 0) is 6.42 Å². The number of carbonyl (C=O) groups is 1. The highest BCUT2D eigenvalue weighted by atomic mass is 16.4. The van der Waals surface area contributed by atoms with Gasteiger partial charge < -0.3 is 9.90 Å². The Morgan fingerprint density at radius 1 is 0.947 bits per heavy atom. The summed E-state index contributed by atoms with van der Waals surface area (Å²) in [7, 11) is 0. The van der Waals surface area contributed by atoms with Gasteiger partial charge in [0.15, 0.2) is 0 Å². The molecule has 0 aliphatic carbocycles. The number of hydrogen-bond acceptors (Lipinski definition) is 2. The highest BCUT2D eigenvalue weighted by Gasteiger charge is 2.02. The molecule has 1 rings (SSSR count). The number of hydrogen-bond donors (Lipinski definition) is 0. The van der Waals surface area contributed by atoms with Crippen molar-refractivity contribution >= 4 is 5.97 Å². The quantitative estimate of drug-likeness (QED) is 0.602. The first-order valence-electron chi connectivity index (χ1n) is 7.55. The number of rotatable bonds is 10. The fraction of sp³-hybridized carbons (Fsp3) is 0.588. The number of carbonyl (C=O) groups excluding carboxylic acids is 1. The summed E-state index contributed by atoms with van der Waals surface area (Å²) >= 11 is 0. The molecule has 0 aromatic heterocycles. The Morgan fingerprint density at radius 3 is 2.16 bits per heavy atom. The molecule has 0 saturated carbocycles. The zero-order valence-corrected chi connectivity index (χ0v) is 12.0. The van der Waals surface area contributed by atoms with Crippen LogP contribution in [0.2, 0.25) is 0 Å². The fourth-order valence-corrected chi connectivity index (χ4v) is 2.39. The maximum Gasteiger partial charge on any atom is 0.0718 e. The monoisotopic (exact) mass is 261 g/mol. The summed E-state index contributed by atoms with van der Waals surface area (Å²) in [6.07, 6.45) is 11.0. The lowest BCUT2D eigenvalue weighted by atomic mass is 10.0. The molecule has 0 atom stereocenters. The van der Waals surface area contributed by atoms with E-state index in [0.29, 0.717) is 5.56 Å². The summed E-state index contributed by atoms with van der Waals surface area (Å²) in [5, 5.41) is 10.9. The van der Waals surface area contributed by atoms with Crippen molar-refractivity contribution in [1.29, 1.82) is 0 Å². The maximum atomic E-state index is 10.9. The first-order valence-corrected chi connectivity index (χ1v) is 7.55. The molecule has 2 nitrogen and oxygen atoms in total. The molecule has 0 heterocycles. The van der Waals surface area contributed by atoms with Crippen molar-refractivity contribution in [2.75, 3.05) is 0 Å². The van der Waals surface area contributed by atoms with Gasteiger partial charge >= 0.3 is 0 Å². The molecule has 0 fully saturated rings. The molecule has 106 valence electrons. The van der Waals surface area contributed by atoms with E-state index in [1.807, 2.05) is 12.1 Å². The van der Waals surface area contributed by atoms with Crippen molar-refractivity contribution in [2.24, 2.45) is 0 Å². The van der Waals surface area contributed by atoms with E-state index in [1.165, 1.54) is 44.9 Å². The first-order chi connectivity index (χ1) is 9.25. The van der Waals surface area contributed by atoms with Crippen LogP contribution in [0.5, 0.6) is 0 Å². The van der Waals surface area contributed by atoms with E-state index in [-0.39, 0.29) is 0 Å². The second kappa shape index (κ2) is 9.60. The predicted molar refractivity (Wildman–Crippen MR) is 77.1 cm³/mol. The van der Waals surface area contributed by atoms with Crippen LogP contribution in [0.1, 0.15) is 74.2 Å². The smallest absolute Gasteiger partial charge is 0.0718 e. The minimum absolute atomic E-state index is 0.352. The molecule has 0 amide bonds. The highest BCUT2D eigenvalue weighted by molar-refractivity contribution is 5.87. The largest absolute Gasteiger partial charge is 0.545 e. The van der Waals surface area contributed by atoms with Gasteiger partial charge in [0, 0.05) is 5.56 Å². The molecule has 0 saturated heterocycles. The van der Waals surface area contributed by atoms with Gasteiger partial charge in [-0.1, -0.05) is 76.1 Å². The van der Waals surface area contributed by atoms with Gasteiger partial charge in [0.2, 0.25) is 0 Å². The van der Waals surface area contributed by atoms with Crippen LogP contribution in [0.25, 0.3) is 0 Å².